The molecule has 0 atom stereocenters. The van der Waals surface area contributed by atoms with Gasteiger partial charge in [0.1, 0.15) is 0 Å². The Hall–Kier alpha value is -0.830. The minimum absolute atomic E-state index is 0.00961. The van der Waals surface area contributed by atoms with Crippen LogP contribution >= 0.6 is 11.6 Å². The summed E-state index contributed by atoms with van der Waals surface area (Å²) in [4.78, 5) is 0.0341. The quantitative estimate of drug-likeness (QED) is 0.802. The molecule has 0 aliphatic carbocycles. The van der Waals surface area contributed by atoms with Gasteiger partial charge in [-0.15, -0.1) is 0 Å². The zero-order valence-electron chi connectivity index (χ0n) is 11.5. The van der Waals surface area contributed by atoms with E-state index in [0.717, 1.165) is 0 Å². The molecule has 1 aliphatic heterocycles. The van der Waals surface area contributed by atoms with Crippen LogP contribution in [0, 0.1) is 6.92 Å². The Kier molecular flexibility index (Phi) is 4.53. The van der Waals surface area contributed by atoms with Gasteiger partial charge in [-0.25, -0.2) is 16.8 Å². The maximum Gasteiger partial charge on any atom is 0.243 e. The number of anilines is 1. The average molecular weight is 353 g/mol. The summed E-state index contributed by atoms with van der Waals surface area (Å²) in [6.07, 6.45) is 0.288. The maximum atomic E-state index is 12.7. The molecule has 1 aromatic rings. The van der Waals surface area contributed by atoms with Crippen LogP contribution in [0.5, 0.6) is 0 Å². The molecule has 0 amide bonds. The highest BCUT2D eigenvalue weighted by molar-refractivity contribution is 7.91. The van der Waals surface area contributed by atoms with Gasteiger partial charge < -0.3 is 5.73 Å². The van der Waals surface area contributed by atoms with Gasteiger partial charge in [-0.3, -0.25) is 0 Å². The molecule has 0 radical (unpaired) electrons. The highest BCUT2D eigenvalue weighted by atomic mass is 35.5. The van der Waals surface area contributed by atoms with E-state index in [9.17, 15) is 16.8 Å². The molecule has 1 heterocycles. The van der Waals surface area contributed by atoms with Crippen molar-refractivity contribution in [2.75, 3.05) is 30.3 Å². The molecule has 1 aromatic carbocycles. The van der Waals surface area contributed by atoms with Crippen LogP contribution in [0.4, 0.5) is 5.69 Å². The van der Waals surface area contributed by atoms with Crippen molar-refractivity contribution < 1.29 is 16.8 Å². The number of nitrogens with two attached hydrogens (primary N) is 1. The van der Waals surface area contributed by atoms with E-state index in [4.69, 9.17) is 17.3 Å². The summed E-state index contributed by atoms with van der Waals surface area (Å²) in [5.74, 6) is -0.156. The Bertz CT molecular complexity index is 760. The van der Waals surface area contributed by atoms with E-state index in [1.807, 2.05) is 0 Å². The molecule has 1 fully saturated rings. The lowest BCUT2D eigenvalue weighted by atomic mass is 10.2. The van der Waals surface area contributed by atoms with Crippen molar-refractivity contribution in [2.45, 2.75) is 18.2 Å². The van der Waals surface area contributed by atoms with Crippen LogP contribution in [0.2, 0.25) is 5.02 Å². The van der Waals surface area contributed by atoms with Gasteiger partial charge in [-0.2, -0.15) is 4.31 Å². The van der Waals surface area contributed by atoms with Gasteiger partial charge in [0, 0.05) is 23.8 Å². The molecule has 1 aliphatic rings. The monoisotopic (exact) mass is 352 g/mol. The summed E-state index contributed by atoms with van der Waals surface area (Å²) in [6, 6.07) is 2.84. The third kappa shape index (κ3) is 3.50. The number of sulfonamides is 1. The Labute approximate surface area is 129 Å². The molecule has 0 saturated carbocycles. The van der Waals surface area contributed by atoms with Crippen LogP contribution in [-0.4, -0.2) is 45.7 Å². The van der Waals surface area contributed by atoms with Gasteiger partial charge in [-0.1, -0.05) is 11.6 Å². The predicted molar refractivity (Wildman–Crippen MR) is 82.6 cm³/mol. The predicted octanol–water partition coefficient (Wildman–Crippen LogP) is 1.04. The van der Waals surface area contributed by atoms with Gasteiger partial charge in [-0.05, 0) is 31.0 Å². The van der Waals surface area contributed by atoms with E-state index in [0.29, 0.717) is 11.3 Å². The van der Waals surface area contributed by atoms with E-state index in [1.54, 1.807) is 6.92 Å². The number of halogens is 1. The van der Waals surface area contributed by atoms with Gasteiger partial charge in [0.15, 0.2) is 9.84 Å². The molecular formula is C12H17ClN2O4S2. The minimum atomic E-state index is -3.81. The highest BCUT2D eigenvalue weighted by Crippen LogP contribution is 2.28. The smallest absolute Gasteiger partial charge is 0.243 e. The maximum absolute atomic E-state index is 12.7. The lowest BCUT2D eigenvalue weighted by Crippen LogP contribution is -2.34. The molecule has 21 heavy (non-hydrogen) atoms. The molecular weight excluding hydrogens is 336 g/mol. The van der Waals surface area contributed by atoms with Crippen molar-refractivity contribution in [3.8, 4) is 0 Å². The second kappa shape index (κ2) is 5.75. The molecule has 0 spiro atoms. The van der Waals surface area contributed by atoms with E-state index in [-0.39, 0.29) is 40.9 Å². The standard InChI is InChI=1S/C12H17ClN2O4S2/c1-9-11(14)7-10(13)8-12(9)21(18,19)15-3-2-5-20(16,17)6-4-15/h7-8H,2-6,14H2,1H3. The summed E-state index contributed by atoms with van der Waals surface area (Å²) in [7, 11) is -6.98. The van der Waals surface area contributed by atoms with Crippen molar-refractivity contribution in [1.82, 2.24) is 4.31 Å². The van der Waals surface area contributed by atoms with E-state index in [1.165, 1.54) is 16.4 Å². The van der Waals surface area contributed by atoms with Gasteiger partial charge in [0.25, 0.3) is 0 Å². The fourth-order valence-corrected chi connectivity index (χ4v) is 5.68. The molecule has 1 saturated heterocycles. The van der Waals surface area contributed by atoms with Crippen LogP contribution in [0.25, 0.3) is 0 Å². The van der Waals surface area contributed by atoms with Crippen LogP contribution in [0.15, 0.2) is 17.0 Å². The normalized spacial score (nSPS) is 20.1. The summed E-state index contributed by atoms with van der Waals surface area (Å²) >= 11 is 5.89. The Balaban J connectivity index is 2.43. The number of hydrogen-bond acceptors (Lipinski definition) is 5. The summed E-state index contributed by atoms with van der Waals surface area (Å²) < 4.78 is 49.8. The third-order valence-electron chi connectivity index (χ3n) is 3.50. The number of nitrogen functional groups attached to an aromatic ring is 1. The van der Waals surface area contributed by atoms with Crippen molar-refractivity contribution in [2.24, 2.45) is 0 Å². The first-order valence-electron chi connectivity index (χ1n) is 6.40. The summed E-state index contributed by atoms with van der Waals surface area (Å²) in [5.41, 5.74) is 6.48. The van der Waals surface area contributed by atoms with E-state index >= 15 is 0 Å². The fourth-order valence-electron chi connectivity index (χ4n) is 2.24. The van der Waals surface area contributed by atoms with Crippen molar-refractivity contribution >= 4 is 37.1 Å². The molecule has 9 heteroatoms. The first kappa shape index (κ1) is 16.5. The fraction of sp³-hybridized carbons (Fsp3) is 0.500. The second-order valence-corrected chi connectivity index (χ2v) is 9.67. The first-order chi connectivity index (χ1) is 9.63. The summed E-state index contributed by atoms with van der Waals surface area (Å²) in [5, 5.41) is 0.235. The lowest BCUT2D eigenvalue weighted by Gasteiger charge is -2.21. The topological polar surface area (TPSA) is 97.5 Å². The average Bonchev–Trinajstić information content (AvgIpc) is 2.55. The first-order valence-corrected chi connectivity index (χ1v) is 10.0. The van der Waals surface area contributed by atoms with Gasteiger partial charge in [0.05, 0.1) is 16.4 Å². The number of benzene rings is 1. The van der Waals surface area contributed by atoms with E-state index < -0.39 is 19.9 Å². The Morgan fingerprint density at radius 2 is 1.90 bits per heavy atom. The number of rotatable bonds is 2. The van der Waals surface area contributed by atoms with Crippen molar-refractivity contribution in [1.29, 1.82) is 0 Å². The molecule has 118 valence electrons. The zero-order chi connectivity index (χ0) is 15.8. The molecule has 6 nitrogen and oxygen atoms in total. The number of sulfone groups is 1. The highest BCUT2D eigenvalue weighted by Gasteiger charge is 2.30. The molecule has 2 rings (SSSR count). The minimum Gasteiger partial charge on any atom is -0.398 e. The third-order valence-corrected chi connectivity index (χ3v) is 7.46. The van der Waals surface area contributed by atoms with Crippen LogP contribution < -0.4 is 5.73 Å². The van der Waals surface area contributed by atoms with Gasteiger partial charge in [0.2, 0.25) is 10.0 Å². The molecule has 0 unspecified atom stereocenters. The van der Waals surface area contributed by atoms with Crippen molar-refractivity contribution in [3.63, 3.8) is 0 Å². The Morgan fingerprint density at radius 1 is 1.24 bits per heavy atom. The lowest BCUT2D eigenvalue weighted by molar-refractivity contribution is 0.434. The SMILES string of the molecule is Cc1c(N)cc(Cl)cc1S(=O)(=O)N1CCCS(=O)(=O)CC1. The zero-order valence-corrected chi connectivity index (χ0v) is 13.9. The molecule has 0 aromatic heterocycles. The summed E-state index contributed by atoms with van der Waals surface area (Å²) in [6.45, 7) is 1.73. The molecule has 2 N–H and O–H groups in total. The molecule has 0 bridgehead atoms. The van der Waals surface area contributed by atoms with E-state index in [2.05, 4.69) is 0 Å². The van der Waals surface area contributed by atoms with Crippen LogP contribution in [0.3, 0.4) is 0 Å². The van der Waals surface area contributed by atoms with Gasteiger partial charge >= 0.3 is 0 Å². The number of nitrogens with zero attached hydrogens (tertiary/aromatic N) is 1. The number of hydrogen-bond donors (Lipinski definition) is 1. The van der Waals surface area contributed by atoms with Crippen molar-refractivity contribution in [3.05, 3.63) is 22.7 Å². The largest absolute Gasteiger partial charge is 0.398 e. The second-order valence-electron chi connectivity index (χ2n) is 5.03. The van der Waals surface area contributed by atoms with Crippen LogP contribution in [0.1, 0.15) is 12.0 Å². The van der Waals surface area contributed by atoms with Crippen LogP contribution in [-0.2, 0) is 19.9 Å². The Morgan fingerprint density at radius 3 is 2.57 bits per heavy atom.